The lowest BCUT2D eigenvalue weighted by atomic mass is 10.2. The zero-order valence-corrected chi connectivity index (χ0v) is 16.4. The lowest BCUT2D eigenvalue weighted by molar-refractivity contribution is 0.369. The van der Waals surface area contributed by atoms with Gasteiger partial charge < -0.3 is 24.8 Å². The van der Waals surface area contributed by atoms with Gasteiger partial charge in [-0.25, -0.2) is 0 Å². The third-order valence-electron chi connectivity index (χ3n) is 5.02. The highest BCUT2D eigenvalue weighted by Gasteiger charge is 2.21. The summed E-state index contributed by atoms with van der Waals surface area (Å²) in [4.78, 5) is 20.6. The van der Waals surface area contributed by atoms with Crippen LogP contribution in [0.4, 0.5) is 5.69 Å². The molecule has 1 saturated heterocycles. The smallest absolute Gasteiger partial charge is 0.250 e. The van der Waals surface area contributed by atoms with E-state index in [1.165, 1.54) is 0 Å². The predicted octanol–water partition coefficient (Wildman–Crippen LogP) is 1.73. The van der Waals surface area contributed by atoms with Gasteiger partial charge in [0.05, 0.1) is 5.69 Å². The summed E-state index contributed by atoms with van der Waals surface area (Å²) < 4.78 is 1.74. The molecule has 0 saturated carbocycles. The standard InChI is InChI=1S/C21H29N5O2/c1-22-21(23-11-5-7-13-25-12-6-4-10-20(25)28)26-16-14-24(15-17-26)18-8-2-3-9-19(18)27/h2-4,6,8-10,12,27H,5,7,11,13-17H2,1H3,(H,22,23). The minimum atomic E-state index is 0.0496. The number of phenolic OH excluding ortho intramolecular Hbond substituents is 1. The molecule has 2 N–H and O–H groups in total. The fourth-order valence-corrected chi connectivity index (χ4v) is 3.48. The van der Waals surface area contributed by atoms with Crippen molar-refractivity contribution in [2.75, 3.05) is 44.7 Å². The topological polar surface area (TPSA) is 73.1 Å². The van der Waals surface area contributed by atoms with Crippen LogP contribution < -0.4 is 15.8 Å². The van der Waals surface area contributed by atoms with Gasteiger partial charge in [-0.15, -0.1) is 0 Å². The monoisotopic (exact) mass is 383 g/mol. The molecule has 0 radical (unpaired) electrons. The van der Waals surface area contributed by atoms with Crippen LogP contribution in [0, 0.1) is 0 Å². The summed E-state index contributed by atoms with van der Waals surface area (Å²) in [5.74, 6) is 1.24. The molecule has 1 fully saturated rings. The van der Waals surface area contributed by atoms with E-state index in [2.05, 4.69) is 20.1 Å². The third-order valence-corrected chi connectivity index (χ3v) is 5.02. The van der Waals surface area contributed by atoms with E-state index < -0.39 is 0 Å². The van der Waals surface area contributed by atoms with Crippen molar-refractivity contribution in [2.45, 2.75) is 19.4 Å². The van der Waals surface area contributed by atoms with E-state index in [0.717, 1.165) is 63.8 Å². The number of hydrogen-bond acceptors (Lipinski definition) is 4. The SMILES string of the molecule is CN=C(NCCCCn1ccccc1=O)N1CCN(c2ccccc2O)CC1. The maximum absolute atomic E-state index is 11.7. The van der Waals surface area contributed by atoms with Gasteiger partial charge in [-0.05, 0) is 31.0 Å². The number of aryl methyl sites for hydroxylation is 1. The molecule has 28 heavy (non-hydrogen) atoms. The number of guanidine groups is 1. The molecule has 1 aliphatic heterocycles. The number of para-hydroxylation sites is 2. The second kappa shape index (κ2) is 9.82. The number of nitrogens with zero attached hydrogens (tertiary/aromatic N) is 4. The van der Waals surface area contributed by atoms with E-state index in [4.69, 9.17) is 0 Å². The summed E-state index contributed by atoms with van der Waals surface area (Å²) in [5, 5.41) is 13.5. The fraction of sp³-hybridized carbons (Fsp3) is 0.429. The van der Waals surface area contributed by atoms with Crippen molar-refractivity contribution < 1.29 is 5.11 Å². The number of aromatic hydroxyl groups is 1. The first-order valence-corrected chi connectivity index (χ1v) is 9.83. The number of aromatic nitrogens is 1. The molecule has 1 aliphatic rings. The van der Waals surface area contributed by atoms with E-state index in [9.17, 15) is 9.90 Å². The maximum atomic E-state index is 11.7. The minimum Gasteiger partial charge on any atom is -0.506 e. The number of pyridine rings is 1. The van der Waals surface area contributed by atoms with Crippen molar-refractivity contribution in [3.63, 3.8) is 0 Å². The Kier molecular flexibility index (Phi) is 6.94. The van der Waals surface area contributed by atoms with E-state index in [1.807, 2.05) is 30.5 Å². The van der Waals surface area contributed by atoms with E-state index in [0.29, 0.717) is 5.75 Å². The number of rotatable bonds is 6. The quantitative estimate of drug-likeness (QED) is 0.452. The Balaban J connectivity index is 1.41. The van der Waals surface area contributed by atoms with Crippen LogP contribution in [0.15, 0.2) is 58.4 Å². The number of hydrogen-bond donors (Lipinski definition) is 2. The number of nitrogens with one attached hydrogen (secondary N) is 1. The molecule has 3 rings (SSSR count). The van der Waals surface area contributed by atoms with Gasteiger partial charge in [0.1, 0.15) is 5.75 Å². The van der Waals surface area contributed by atoms with Gasteiger partial charge in [0, 0.05) is 58.6 Å². The van der Waals surface area contributed by atoms with Crippen LogP contribution in [-0.4, -0.2) is 60.3 Å². The van der Waals surface area contributed by atoms with Crippen molar-refractivity contribution in [2.24, 2.45) is 4.99 Å². The Bertz CT molecular complexity index is 840. The molecule has 1 aromatic heterocycles. The number of aliphatic imine (C=N–C) groups is 1. The van der Waals surface area contributed by atoms with Crippen molar-refractivity contribution in [1.29, 1.82) is 0 Å². The third kappa shape index (κ3) is 5.06. The molecule has 0 atom stereocenters. The predicted molar refractivity (Wildman–Crippen MR) is 113 cm³/mol. The van der Waals surface area contributed by atoms with Crippen LogP contribution in [0.25, 0.3) is 0 Å². The number of piperazine rings is 1. The largest absolute Gasteiger partial charge is 0.506 e. The molecule has 1 aromatic carbocycles. The molecule has 2 heterocycles. The Morgan fingerprint density at radius 1 is 1.07 bits per heavy atom. The summed E-state index contributed by atoms with van der Waals surface area (Å²) >= 11 is 0. The van der Waals surface area contributed by atoms with Crippen molar-refractivity contribution in [3.8, 4) is 5.75 Å². The molecule has 7 nitrogen and oxygen atoms in total. The summed E-state index contributed by atoms with van der Waals surface area (Å²) in [5.41, 5.74) is 0.940. The lowest BCUT2D eigenvalue weighted by Gasteiger charge is -2.37. The van der Waals surface area contributed by atoms with Gasteiger partial charge in [-0.3, -0.25) is 9.79 Å². The van der Waals surface area contributed by atoms with Gasteiger partial charge in [-0.2, -0.15) is 0 Å². The Morgan fingerprint density at radius 2 is 1.82 bits per heavy atom. The molecular formula is C21H29N5O2. The first-order chi connectivity index (χ1) is 13.7. The average molecular weight is 383 g/mol. The lowest BCUT2D eigenvalue weighted by Crippen LogP contribution is -2.52. The average Bonchev–Trinajstić information content (AvgIpc) is 2.73. The Morgan fingerprint density at radius 3 is 2.54 bits per heavy atom. The molecule has 150 valence electrons. The van der Waals surface area contributed by atoms with E-state index in [1.54, 1.807) is 29.8 Å². The molecule has 7 heteroatoms. The van der Waals surface area contributed by atoms with E-state index >= 15 is 0 Å². The van der Waals surface area contributed by atoms with Gasteiger partial charge in [-0.1, -0.05) is 18.2 Å². The number of phenols is 1. The van der Waals surface area contributed by atoms with E-state index in [-0.39, 0.29) is 5.56 Å². The maximum Gasteiger partial charge on any atom is 0.250 e. The highest BCUT2D eigenvalue weighted by atomic mass is 16.3. The van der Waals surface area contributed by atoms with Crippen LogP contribution in [-0.2, 0) is 6.54 Å². The molecule has 0 aliphatic carbocycles. The van der Waals surface area contributed by atoms with Gasteiger partial charge in [0.15, 0.2) is 5.96 Å². The number of benzene rings is 1. The normalized spacial score (nSPS) is 15.0. The van der Waals surface area contributed by atoms with Crippen molar-refractivity contribution in [3.05, 3.63) is 59.0 Å². The number of anilines is 1. The summed E-state index contributed by atoms with van der Waals surface area (Å²) in [6.45, 7) is 4.96. The number of unbranched alkanes of at least 4 members (excludes halogenated alkanes) is 1. The summed E-state index contributed by atoms with van der Waals surface area (Å²) in [6.07, 6.45) is 3.74. The van der Waals surface area contributed by atoms with Crippen LogP contribution in [0.3, 0.4) is 0 Å². The first-order valence-electron chi connectivity index (χ1n) is 9.83. The summed E-state index contributed by atoms with van der Waals surface area (Å²) in [7, 11) is 1.81. The van der Waals surface area contributed by atoms with Crippen LogP contribution in [0.5, 0.6) is 5.75 Å². The van der Waals surface area contributed by atoms with Crippen molar-refractivity contribution in [1.82, 2.24) is 14.8 Å². The molecule has 2 aromatic rings. The van der Waals surface area contributed by atoms with Crippen LogP contribution in [0.1, 0.15) is 12.8 Å². The van der Waals surface area contributed by atoms with Crippen molar-refractivity contribution >= 4 is 11.6 Å². The second-order valence-electron chi connectivity index (χ2n) is 6.88. The zero-order chi connectivity index (χ0) is 19.8. The first kappa shape index (κ1) is 19.8. The molecule has 0 unspecified atom stereocenters. The minimum absolute atomic E-state index is 0.0496. The fourth-order valence-electron chi connectivity index (χ4n) is 3.48. The van der Waals surface area contributed by atoms with Crippen LogP contribution >= 0.6 is 0 Å². The molecule has 0 amide bonds. The molecular weight excluding hydrogens is 354 g/mol. The van der Waals surface area contributed by atoms with Gasteiger partial charge in [0.2, 0.25) is 5.56 Å². The van der Waals surface area contributed by atoms with Crippen LogP contribution in [0.2, 0.25) is 0 Å². The molecule has 0 spiro atoms. The van der Waals surface area contributed by atoms with Gasteiger partial charge >= 0.3 is 0 Å². The summed E-state index contributed by atoms with van der Waals surface area (Å²) in [6, 6.07) is 12.7. The zero-order valence-electron chi connectivity index (χ0n) is 16.4. The highest BCUT2D eigenvalue weighted by Crippen LogP contribution is 2.27. The Hall–Kier alpha value is -2.96. The highest BCUT2D eigenvalue weighted by molar-refractivity contribution is 5.80. The molecule has 0 bridgehead atoms. The van der Waals surface area contributed by atoms with Gasteiger partial charge in [0.25, 0.3) is 0 Å². The Labute approximate surface area is 165 Å². The second-order valence-corrected chi connectivity index (χ2v) is 6.88.